The molecular formula is C8H5BrFIO2. The summed E-state index contributed by atoms with van der Waals surface area (Å²) in [4.78, 5) is 10.7. The molecule has 0 amide bonds. The Kier molecular flexibility index (Phi) is 3.28. The average molecular weight is 359 g/mol. The predicted octanol–water partition coefficient (Wildman–Crippen LogP) is 3.20. The minimum absolute atomic E-state index is 0.295. The normalized spacial score (nSPS) is 10.2. The Morgan fingerprint density at radius 1 is 1.69 bits per heavy atom. The quantitative estimate of drug-likeness (QED) is 0.618. The van der Waals surface area contributed by atoms with Crippen molar-refractivity contribution in [3.8, 4) is 0 Å². The lowest BCUT2D eigenvalue weighted by Crippen LogP contribution is -2.05. The molecule has 0 unspecified atom stereocenters. The fraction of sp³-hybridized carbons (Fsp3) is 0.125. The molecule has 0 atom stereocenters. The van der Waals surface area contributed by atoms with Crippen LogP contribution in [0.3, 0.4) is 0 Å². The van der Waals surface area contributed by atoms with Crippen LogP contribution < -0.4 is 0 Å². The molecule has 70 valence electrons. The lowest BCUT2D eigenvalue weighted by molar-refractivity contribution is 0.0690. The number of hydrogen-bond acceptors (Lipinski definition) is 1. The first-order valence-corrected chi connectivity index (χ1v) is 5.19. The third kappa shape index (κ3) is 2.01. The summed E-state index contributed by atoms with van der Waals surface area (Å²) in [7, 11) is 0. The molecule has 0 aliphatic carbocycles. The molecular weight excluding hydrogens is 354 g/mol. The minimum atomic E-state index is -1.26. The second-order valence-corrected chi connectivity index (χ2v) is 4.44. The predicted molar refractivity (Wildman–Crippen MR) is 58.5 cm³/mol. The molecule has 1 aromatic rings. The molecule has 0 aliphatic rings. The Morgan fingerprint density at radius 3 is 2.69 bits per heavy atom. The molecule has 0 spiro atoms. The molecule has 5 heteroatoms. The van der Waals surface area contributed by atoms with Crippen LogP contribution >= 0.6 is 38.5 Å². The van der Waals surface area contributed by atoms with Gasteiger partial charge in [0.15, 0.2) is 0 Å². The van der Waals surface area contributed by atoms with Crippen LogP contribution in [0.2, 0.25) is 0 Å². The van der Waals surface area contributed by atoms with E-state index in [1.807, 2.05) is 22.6 Å². The lowest BCUT2D eigenvalue weighted by atomic mass is 10.1. The van der Waals surface area contributed by atoms with Gasteiger partial charge >= 0.3 is 5.97 Å². The molecule has 0 saturated carbocycles. The van der Waals surface area contributed by atoms with Gasteiger partial charge in [-0.2, -0.15) is 0 Å². The molecule has 0 saturated heterocycles. The third-order valence-electron chi connectivity index (χ3n) is 1.55. The zero-order valence-corrected chi connectivity index (χ0v) is 10.3. The number of halogens is 3. The number of hydrogen-bond donors (Lipinski definition) is 1. The van der Waals surface area contributed by atoms with Crippen molar-refractivity contribution in [3.05, 3.63) is 31.1 Å². The molecule has 0 bridgehead atoms. The van der Waals surface area contributed by atoms with E-state index in [4.69, 9.17) is 5.11 Å². The number of aryl methyl sites for hydroxylation is 1. The van der Waals surface area contributed by atoms with E-state index in [0.717, 1.165) is 0 Å². The van der Waals surface area contributed by atoms with E-state index < -0.39 is 11.8 Å². The fourth-order valence-electron chi connectivity index (χ4n) is 0.918. The van der Waals surface area contributed by atoms with Crippen molar-refractivity contribution in [1.82, 2.24) is 0 Å². The molecule has 0 aliphatic heterocycles. The number of carbonyl (C=O) groups is 1. The SMILES string of the molecule is Cc1cc(I)c(Br)c(C(=O)O)c1F. The number of rotatable bonds is 1. The van der Waals surface area contributed by atoms with Gasteiger partial charge < -0.3 is 5.11 Å². The zero-order chi connectivity index (χ0) is 10.2. The van der Waals surface area contributed by atoms with Crippen LogP contribution in [0.5, 0.6) is 0 Å². The highest BCUT2D eigenvalue weighted by Gasteiger charge is 2.18. The van der Waals surface area contributed by atoms with Gasteiger partial charge in [0.1, 0.15) is 11.4 Å². The third-order valence-corrected chi connectivity index (χ3v) is 3.97. The van der Waals surface area contributed by atoms with Gasteiger partial charge in [-0.3, -0.25) is 0 Å². The Labute approximate surface area is 96.4 Å². The smallest absolute Gasteiger partial charge is 0.339 e. The molecule has 1 aromatic carbocycles. The Bertz CT molecular complexity index is 353. The summed E-state index contributed by atoms with van der Waals surface area (Å²) in [5, 5.41) is 8.72. The van der Waals surface area contributed by atoms with Crippen LogP contribution in [0.4, 0.5) is 4.39 Å². The van der Waals surface area contributed by atoms with Crippen molar-refractivity contribution in [2.45, 2.75) is 6.92 Å². The Morgan fingerprint density at radius 2 is 2.23 bits per heavy atom. The maximum Gasteiger partial charge on any atom is 0.339 e. The van der Waals surface area contributed by atoms with E-state index in [2.05, 4.69) is 15.9 Å². The summed E-state index contributed by atoms with van der Waals surface area (Å²) in [6.07, 6.45) is 0. The highest BCUT2D eigenvalue weighted by molar-refractivity contribution is 14.1. The van der Waals surface area contributed by atoms with E-state index in [0.29, 0.717) is 13.6 Å². The number of carboxylic acid groups (broad SMARTS) is 1. The molecule has 1 N–H and O–H groups in total. The van der Waals surface area contributed by atoms with Crippen LogP contribution in [0, 0.1) is 16.3 Å². The van der Waals surface area contributed by atoms with Crippen LogP contribution in [0.1, 0.15) is 15.9 Å². The van der Waals surface area contributed by atoms with E-state index in [9.17, 15) is 9.18 Å². The lowest BCUT2D eigenvalue weighted by Gasteiger charge is -2.05. The van der Waals surface area contributed by atoms with E-state index >= 15 is 0 Å². The summed E-state index contributed by atoms with van der Waals surface area (Å²) < 4.78 is 14.3. The molecule has 0 radical (unpaired) electrons. The standard InChI is InChI=1S/C8H5BrFIO2/c1-3-2-4(11)6(9)5(7(3)10)8(12)13/h2H,1H3,(H,12,13). The van der Waals surface area contributed by atoms with Crippen LogP contribution in [-0.4, -0.2) is 11.1 Å². The van der Waals surface area contributed by atoms with Gasteiger partial charge in [-0.15, -0.1) is 0 Å². The molecule has 0 heterocycles. The summed E-state index contributed by atoms with van der Waals surface area (Å²) >= 11 is 4.99. The maximum absolute atomic E-state index is 13.3. The van der Waals surface area contributed by atoms with Crippen LogP contribution in [-0.2, 0) is 0 Å². The Balaban J connectivity index is 3.56. The maximum atomic E-state index is 13.3. The fourth-order valence-corrected chi connectivity index (χ4v) is 2.11. The monoisotopic (exact) mass is 358 g/mol. The first-order chi connectivity index (χ1) is 5.95. The second kappa shape index (κ2) is 3.91. The van der Waals surface area contributed by atoms with Gasteiger partial charge in [0.25, 0.3) is 0 Å². The highest BCUT2D eigenvalue weighted by atomic mass is 127. The molecule has 2 nitrogen and oxygen atoms in total. The minimum Gasteiger partial charge on any atom is -0.478 e. The zero-order valence-electron chi connectivity index (χ0n) is 6.57. The number of benzene rings is 1. The van der Waals surface area contributed by atoms with Gasteiger partial charge in [-0.25, -0.2) is 9.18 Å². The van der Waals surface area contributed by atoms with Gasteiger partial charge in [-0.1, -0.05) is 0 Å². The summed E-state index contributed by atoms with van der Waals surface area (Å²) in [6.45, 7) is 1.54. The van der Waals surface area contributed by atoms with Crippen molar-refractivity contribution >= 4 is 44.5 Å². The van der Waals surface area contributed by atoms with Gasteiger partial charge in [-0.05, 0) is 57.1 Å². The topological polar surface area (TPSA) is 37.3 Å². The van der Waals surface area contributed by atoms with Crippen molar-refractivity contribution < 1.29 is 14.3 Å². The van der Waals surface area contributed by atoms with Gasteiger partial charge in [0.05, 0.1) is 0 Å². The van der Waals surface area contributed by atoms with E-state index in [1.54, 1.807) is 6.07 Å². The number of carboxylic acids is 1. The summed E-state index contributed by atoms with van der Waals surface area (Å²) in [5.74, 6) is -1.94. The highest BCUT2D eigenvalue weighted by Crippen LogP contribution is 2.28. The van der Waals surface area contributed by atoms with Crippen LogP contribution in [0.15, 0.2) is 10.5 Å². The van der Waals surface area contributed by atoms with Crippen molar-refractivity contribution in [1.29, 1.82) is 0 Å². The van der Waals surface area contributed by atoms with Crippen molar-refractivity contribution in [3.63, 3.8) is 0 Å². The van der Waals surface area contributed by atoms with E-state index in [1.165, 1.54) is 6.92 Å². The van der Waals surface area contributed by atoms with Gasteiger partial charge in [0.2, 0.25) is 0 Å². The molecule has 13 heavy (non-hydrogen) atoms. The van der Waals surface area contributed by atoms with Crippen molar-refractivity contribution in [2.24, 2.45) is 0 Å². The summed E-state index contributed by atoms with van der Waals surface area (Å²) in [5.41, 5.74) is 0.0365. The first-order valence-electron chi connectivity index (χ1n) is 3.32. The van der Waals surface area contributed by atoms with E-state index in [-0.39, 0.29) is 5.56 Å². The Hall–Kier alpha value is -0.170. The average Bonchev–Trinajstić information content (AvgIpc) is 2.01. The number of aromatic carboxylic acids is 1. The summed E-state index contributed by atoms with van der Waals surface area (Å²) in [6, 6.07) is 1.59. The van der Waals surface area contributed by atoms with Crippen LogP contribution in [0.25, 0.3) is 0 Å². The first kappa shape index (κ1) is 10.9. The molecule has 0 aromatic heterocycles. The second-order valence-electron chi connectivity index (χ2n) is 2.48. The van der Waals surface area contributed by atoms with Crippen molar-refractivity contribution in [2.75, 3.05) is 0 Å². The molecule has 1 rings (SSSR count). The molecule has 0 fully saturated rings. The largest absolute Gasteiger partial charge is 0.478 e. The van der Waals surface area contributed by atoms with Gasteiger partial charge in [0, 0.05) is 8.04 Å².